The summed E-state index contributed by atoms with van der Waals surface area (Å²) in [5, 5.41) is 3.47. The highest BCUT2D eigenvalue weighted by atomic mass is 32.2. The van der Waals surface area contributed by atoms with Gasteiger partial charge in [0, 0.05) is 22.8 Å². The SMILES string of the molecule is Cc1cc(C)nc(SCC(=O)Nc2cccc(N)c2C)n1. The molecular weight excluding hydrogens is 284 g/mol. The minimum atomic E-state index is -0.101. The predicted octanol–water partition coefficient (Wildman–Crippen LogP) is 2.71. The van der Waals surface area contributed by atoms with E-state index in [-0.39, 0.29) is 11.7 Å². The van der Waals surface area contributed by atoms with Gasteiger partial charge < -0.3 is 11.1 Å². The van der Waals surface area contributed by atoms with E-state index in [4.69, 9.17) is 5.73 Å². The summed E-state index contributed by atoms with van der Waals surface area (Å²) in [5.41, 5.74) is 9.89. The first kappa shape index (κ1) is 15.3. The van der Waals surface area contributed by atoms with Gasteiger partial charge in [0.05, 0.1) is 5.75 Å². The Bertz CT molecular complexity index is 652. The van der Waals surface area contributed by atoms with Crippen molar-refractivity contribution in [1.29, 1.82) is 0 Å². The van der Waals surface area contributed by atoms with E-state index in [1.807, 2.05) is 45.0 Å². The Morgan fingerprint density at radius 3 is 2.57 bits per heavy atom. The molecule has 0 atom stereocenters. The average molecular weight is 302 g/mol. The van der Waals surface area contributed by atoms with E-state index >= 15 is 0 Å². The first-order chi connectivity index (χ1) is 9.95. The van der Waals surface area contributed by atoms with Gasteiger partial charge in [0.25, 0.3) is 0 Å². The van der Waals surface area contributed by atoms with Gasteiger partial charge in [-0.05, 0) is 44.5 Å². The lowest BCUT2D eigenvalue weighted by atomic mass is 10.1. The molecule has 21 heavy (non-hydrogen) atoms. The fraction of sp³-hybridized carbons (Fsp3) is 0.267. The van der Waals surface area contributed by atoms with Crippen LogP contribution in [0.25, 0.3) is 0 Å². The molecule has 0 saturated carbocycles. The molecule has 1 aromatic carbocycles. The molecule has 1 aromatic heterocycles. The van der Waals surface area contributed by atoms with Crippen LogP contribution in [0.4, 0.5) is 11.4 Å². The molecule has 3 N–H and O–H groups in total. The monoisotopic (exact) mass is 302 g/mol. The Balaban J connectivity index is 1.97. The van der Waals surface area contributed by atoms with Crippen molar-refractivity contribution in [3.63, 3.8) is 0 Å². The van der Waals surface area contributed by atoms with Gasteiger partial charge in [-0.1, -0.05) is 17.8 Å². The second kappa shape index (κ2) is 6.58. The third-order valence-electron chi connectivity index (χ3n) is 2.94. The van der Waals surface area contributed by atoms with Crippen LogP contribution in [0.1, 0.15) is 17.0 Å². The van der Waals surface area contributed by atoms with Gasteiger partial charge in [-0.25, -0.2) is 9.97 Å². The quantitative estimate of drug-likeness (QED) is 0.515. The molecule has 6 heteroatoms. The zero-order valence-corrected chi connectivity index (χ0v) is 13.1. The Morgan fingerprint density at radius 2 is 1.90 bits per heavy atom. The second-order valence-electron chi connectivity index (χ2n) is 4.79. The van der Waals surface area contributed by atoms with Crippen LogP contribution in [0.3, 0.4) is 0 Å². The van der Waals surface area contributed by atoms with Gasteiger partial charge in [-0.3, -0.25) is 4.79 Å². The second-order valence-corrected chi connectivity index (χ2v) is 5.73. The number of hydrogen-bond donors (Lipinski definition) is 2. The Kier molecular flexibility index (Phi) is 4.80. The fourth-order valence-electron chi connectivity index (χ4n) is 1.86. The number of thioether (sulfide) groups is 1. The Labute approximate surface area is 128 Å². The number of carbonyl (C=O) groups is 1. The van der Waals surface area contributed by atoms with Crippen molar-refractivity contribution in [1.82, 2.24) is 9.97 Å². The molecule has 0 unspecified atom stereocenters. The molecule has 110 valence electrons. The largest absolute Gasteiger partial charge is 0.398 e. The van der Waals surface area contributed by atoms with Gasteiger partial charge in [0.2, 0.25) is 5.91 Å². The standard InChI is InChI=1S/C15H18N4OS/c1-9-7-10(2)18-15(17-9)21-8-14(20)19-13-6-4-5-12(16)11(13)3/h4-7H,8,16H2,1-3H3,(H,19,20). The van der Waals surface area contributed by atoms with Crippen LogP contribution in [-0.2, 0) is 4.79 Å². The number of nitrogens with one attached hydrogen (secondary N) is 1. The van der Waals surface area contributed by atoms with Crippen LogP contribution in [0.5, 0.6) is 0 Å². The first-order valence-corrected chi connectivity index (χ1v) is 7.54. The third-order valence-corrected chi connectivity index (χ3v) is 3.79. The lowest BCUT2D eigenvalue weighted by molar-refractivity contribution is -0.113. The maximum Gasteiger partial charge on any atom is 0.234 e. The molecule has 5 nitrogen and oxygen atoms in total. The summed E-state index contributed by atoms with van der Waals surface area (Å²) in [7, 11) is 0. The predicted molar refractivity (Wildman–Crippen MR) is 86.5 cm³/mol. The minimum absolute atomic E-state index is 0.101. The van der Waals surface area contributed by atoms with Crippen molar-refractivity contribution < 1.29 is 4.79 Å². The molecule has 0 spiro atoms. The molecule has 0 bridgehead atoms. The van der Waals surface area contributed by atoms with E-state index < -0.39 is 0 Å². The van der Waals surface area contributed by atoms with Crippen LogP contribution in [0, 0.1) is 20.8 Å². The van der Waals surface area contributed by atoms with Crippen molar-refractivity contribution in [2.24, 2.45) is 0 Å². The molecule has 0 aliphatic heterocycles. The highest BCUT2D eigenvalue weighted by Gasteiger charge is 2.08. The number of benzene rings is 1. The smallest absolute Gasteiger partial charge is 0.234 e. The van der Waals surface area contributed by atoms with E-state index in [1.54, 1.807) is 0 Å². The number of amides is 1. The highest BCUT2D eigenvalue weighted by Crippen LogP contribution is 2.21. The number of hydrogen-bond acceptors (Lipinski definition) is 5. The van der Waals surface area contributed by atoms with Gasteiger partial charge in [0.1, 0.15) is 0 Å². The number of nitrogen functional groups attached to an aromatic ring is 1. The van der Waals surface area contributed by atoms with Crippen LogP contribution >= 0.6 is 11.8 Å². The maximum absolute atomic E-state index is 12.0. The summed E-state index contributed by atoms with van der Waals surface area (Å²) in [6, 6.07) is 7.36. The van der Waals surface area contributed by atoms with Crippen molar-refractivity contribution in [2.75, 3.05) is 16.8 Å². The Hall–Kier alpha value is -2.08. The zero-order valence-electron chi connectivity index (χ0n) is 12.3. The van der Waals surface area contributed by atoms with Gasteiger partial charge >= 0.3 is 0 Å². The number of rotatable bonds is 4. The van der Waals surface area contributed by atoms with Crippen molar-refractivity contribution in [2.45, 2.75) is 25.9 Å². The molecule has 0 fully saturated rings. The number of aromatic nitrogens is 2. The summed E-state index contributed by atoms with van der Waals surface area (Å²) < 4.78 is 0. The molecule has 2 aromatic rings. The van der Waals surface area contributed by atoms with Crippen LogP contribution in [0.15, 0.2) is 29.4 Å². The highest BCUT2D eigenvalue weighted by molar-refractivity contribution is 7.99. The lowest BCUT2D eigenvalue weighted by Crippen LogP contribution is -2.15. The van der Waals surface area contributed by atoms with Crippen LogP contribution < -0.4 is 11.1 Å². The number of nitrogens with zero attached hydrogens (tertiary/aromatic N) is 2. The van der Waals surface area contributed by atoms with Crippen molar-refractivity contribution in [3.05, 3.63) is 41.2 Å². The Morgan fingerprint density at radius 1 is 1.24 bits per heavy atom. The van der Waals surface area contributed by atoms with Crippen molar-refractivity contribution in [3.8, 4) is 0 Å². The third kappa shape index (κ3) is 4.19. The average Bonchev–Trinajstić information content (AvgIpc) is 2.41. The number of anilines is 2. The van der Waals surface area contributed by atoms with E-state index in [9.17, 15) is 4.79 Å². The summed E-state index contributed by atoms with van der Waals surface area (Å²) in [5.74, 6) is 0.161. The van der Waals surface area contributed by atoms with E-state index in [1.165, 1.54) is 11.8 Å². The summed E-state index contributed by atoms with van der Waals surface area (Å²) in [6.07, 6.45) is 0. The summed E-state index contributed by atoms with van der Waals surface area (Å²) >= 11 is 1.32. The first-order valence-electron chi connectivity index (χ1n) is 6.55. The number of carbonyl (C=O) groups excluding carboxylic acids is 1. The normalized spacial score (nSPS) is 10.4. The number of nitrogens with two attached hydrogens (primary N) is 1. The molecule has 2 rings (SSSR count). The van der Waals surface area contributed by atoms with Gasteiger partial charge in [-0.2, -0.15) is 0 Å². The molecule has 1 amide bonds. The molecule has 1 heterocycles. The molecule has 0 radical (unpaired) electrons. The summed E-state index contributed by atoms with van der Waals surface area (Å²) in [4.78, 5) is 20.6. The minimum Gasteiger partial charge on any atom is -0.398 e. The molecular formula is C15H18N4OS. The molecule has 0 aliphatic rings. The fourth-order valence-corrected chi connectivity index (χ4v) is 2.61. The zero-order chi connectivity index (χ0) is 15.4. The van der Waals surface area contributed by atoms with E-state index in [2.05, 4.69) is 15.3 Å². The summed E-state index contributed by atoms with van der Waals surface area (Å²) in [6.45, 7) is 5.70. The van der Waals surface area contributed by atoms with Crippen LogP contribution in [-0.4, -0.2) is 21.6 Å². The molecule has 0 aliphatic carbocycles. The van der Waals surface area contributed by atoms with Gasteiger partial charge in [-0.15, -0.1) is 0 Å². The number of aryl methyl sites for hydroxylation is 2. The van der Waals surface area contributed by atoms with Crippen molar-refractivity contribution >= 4 is 29.0 Å². The van der Waals surface area contributed by atoms with E-state index in [0.717, 1.165) is 22.6 Å². The van der Waals surface area contributed by atoms with E-state index in [0.29, 0.717) is 10.8 Å². The van der Waals surface area contributed by atoms with Gasteiger partial charge in [0.15, 0.2) is 5.16 Å². The molecule has 0 saturated heterocycles. The maximum atomic E-state index is 12.0. The van der Waals surface area contributed by atoms with Crippen LogP contribution in [0.2, 0.25) is 0 Å². The topological polar surface area (TPSA) is 80.9 Å². The lowest BCUT2D eigenvalue weighted by Gasteiger charge is -2.09.